The molecule has 0 aliphatic carbocycles. The fourth-order valence-electron chi connectivity index (χ4n) is 2.97. The molecule has 5 nitrogen and oxygen atoms in total. The van der Waals surface area contributed by atoms with Gasteiger partial charge >= 0.3 is 0 Å². The normalized spacial score (nSPS) is 10.4. The van der Waals surface area contributed by atoms with Crippen LogP contribution in [0.3, 0.4) is 0 Å². The van der Waals surface area contributed by atoms with Gasteiger partial charge in [0.1, 0.15) is 11.4 Å². The Hall–Kier alpha value is -3.34. The smallest absolute Gasteiger partial charge is 0.274 e. The van der Waals surface area contributed by atoms with Crippen molar-refractivity contribution in [3.63, 3.8) is 0 Å². The molecule has 1 amide bonds. The first-order valence-electron chi connectivity index (χ1n) is 9.49. The SMILES string of the molecule is CCOc1ccccc1NC(=O)c1cc(N(CC)Cc2ccccc2)ccn1. The summed E-state index contributed by atoms with van der Waals surface area (Å²) >= 11 is 0. The summed E-state index contributed by atoms with van der Waals surface area (Å²) in [6.07, 6.45) is 1.67. The van der Waals surface area contributed by atoms with Crippen molar-refractivity contribution in [1.29, 1.82) is 0 Å². The Morgan fingerprint density at radius 3 is 2.54 bits per heavy atom. The number of hydrogen-bond acceptors (Lipinski definition) is 4. The number of para-hydroxylation sites is 2. The average Bonchev–Trinajstić information content (AvgIpc) is 2.74. The second-order valence-electron chi connectivity index (χ2n) is 6.28. The Balaban J connectivity index is 1.77. The summed E-state index contributed by atoms with van der Waals surface area (Å²) in [4.78, 5) is 19.2. The zero-order valence-electron chi connectivity index (χ0n) is 16.3. The van der Waals surface area contributed by atoms with Gasteiger partial charge in [0, 0.05) is 25.0 Å². The molecule has 0 saturated heterocycles. The third kappa shape index (κ3) is 4.88. The van der Waals surface area contributed by atoms with E-state index in [9.17, 15) is 4.79 Å². The number of hydrogen-bond donors (Lipinski definition) is 1. The molecule has 3 rings (SSSR count). The fourth-order valence-corrected chi connectivity index (χ4v) is 2.97. The number of benzene rings is 2. The van der Waals surface area contributed by atoms with Gasteiger partial charge in [0.15, 0.2) is 0 Å². The molecule has 1 heterocycles. The Bertz CT molecular complexity index is 912. The quantitative estimate of drug-likeness (QED) is 0.617. The molecule has 5 heteroatoms. The number of rotatable bonds is 8. The maximum absolute atomic E-state index is 12.7. The van der Waals surface area contributed by atoms with Gasteiger partial charge in [0.2, 0.25) is 0 Å². The van der Waals surface area contributed by atoms with Gasteiger partial charge in [-0.05, 0) is 43.7 Å². The van der Waals surface area contributed by atoms with Crippen molar-refractivity contribution in [2.75, 3.05) is 23.4 Å². The van der Waals surface area contributed by atoms with Crippen LogP contribution in [0.15, 0.2) is 72.9 Å². The van der Waals surface area contributed by atoms with Crippen molar-refractivity contribution >= 4 is 17.3 Å². The van der Waals surface area contributed by atoms with Gasteiger partial charge in [-0.1, -0.05) is 42.5 Å². The summed E-state index contributed by atoms with van der Waals surface area (Å²) in [5.74, 6) is 0.388. The first kappa shape index (κ1) is 19.4. The van der Waals surface area contributed by atoms with Crippen LogP contribution >= 0.6 is 0 Å². The molecule has 28 heavy (non-hydrogen) atoms. The second kappa shape index (κ2) is 9.55. The van der Waals surface area contributed by atoms with Gasteiger partial charge in [0.05, 0.1) is 12.3 Å². The third-order valence-electron chi connectivity index (χ3n) is 4.37. The molecule has 3 aromatic rings. The van der Waals surface area contributed by atoms with E-state index in [0.29, 0.717) is 23.7 Å². The molecule has 0 aliphatic heterocycles. The summed E-state index contributed by atoms with van der Waals surface area (Å²) in [7, 11) is 0. The van der Waals surface area contributed by atoms with Crippen LogP contribution < -0.4 is 15.0 Å². The number of ether oxygens (including phenoxy) is 1. The molecule has 0 atom stereocenters. The number of carbonyl (C=O) groups is 1. The van der Waals surface area contributed by atoms with Crippen LogP contribution in [0, 0.1) is 0 Å². The first-order valence-corrected chi connectivity index (χ1v) is 9.49. The molecular weight excluding hydrogens is 350 g/mol. The van der Waals surface area contributed by atoms with E-state index in [0.717, 1.165) is 18.8 Å². The van der Waals surface area contributed by atoms with Gasteiger partial charge in [-0.25, -0.2) is 0 Å². The summed E-state index contributed by atoms with van der Waals surface area (Å²) in [5.41, 5.74) is 3.19. The number of amides is 1. The second-order valence-corrected chi connectivity index (χ2v) is 6.28. The highest BCUT2D eigenvalue weighted by Gasteiger charge is 2.13. The maximum atomic E-state index is 12.7. The minimum absolute atomic E-state index is 0.259. The molecule has 1 aromatic heterocycles. The van der Waals surface area contributed by atoms with E-state index in [-0.39, 0.29) is 5.91 Å². The van der Waals surface area contributed by atoms with Crippen molar-refractivity contribution in [1.82, 2.24) is 4.98 Å². The number of pyridine rings is 1. The molecule has 0 saturated carbocycles. The van der Waals surface area contributed by atoms with E-state index in [1.807, 2.05) is 61.5 Å². The van der Waals surface area contributed by atoms with Gasteiger partial charge < -0.3 is 15.0 Å². The number of carbonyl (C=O) groups excluding carboxylic acids is 1. The summed E-state index contributed by atoms with van der Waals surface area (Å²) in [5, 5.41) is 2.90. The molecular formula is C23H25N3O2. The van der Waals surface area contributed by atoms with Gasteiger partial charge in [-0.3, -0.25) is 9.78 Å². The van der Waals surface area contributed by atoms with Gasteiger partial charge in [0.25, 0.3) is 5.91 Å². The molecule has 0 spiro atoms. The van der Waals surface area contributed by atoms with E-state index in [1.54, 1.807) is 6.20 Å². The predicted molar refractivity (Wildman–Crippen MR) is 113 cm³/mol. The highest BCUT2D eigenvalue weighted by molar-refractivity contribution is 6.04. The van der Waals surface area contributed by atoms with Crippen LogP contribution in [0.2, 0.25) is 0 Å². The Kier molecular flexibility index (Phi) is 6.63. The lowest BCUT2D eigenvalue weighted by Gasteiger charge is -2.23. The summed E-state index contributed by atoms with van der Waals surface area (Å²) < 4.78 is 5.58. The lowest BCUT2D eigenvalue weighted by Crippen LogP contribution is -2.23. The zero-order chi connectivity index (χ0) is 19.8. The standard InChI is InChI=1S/C23H25N3O2/c1-3-26(17-18-10-6-5-7-11-18)19-14-15-24-21(16-19)23(27)25-20-12-8-9-13-22(20)28-4-2/h5-16H,3-4,17H2,1-2H3,(H,25,27). The highest BCUT2D eigenvalue weighted by atomic mass is 16.5. The number of nitrogens with zero attached hydrogens (tertiary/aromatic N) is 2. The summed E-state index contributed by atoms with van der Waals surface area (Å²) in [6, 6.07) is 21.4. The monoisotopic (exact) mass is 375 g/mol. The van der Waals surface area contributed by atoms with Crippen molar-refractivity contribution in [3.8, 4) is 5.75 Å². The average molecular weight is 375 g/mol. The van der Waals surface area contributed by atoms with Crippen LogP contribution in [-0.4, -0.2) is 24.0 Å². The minimum Gasteiger partial charge on any atom is -0.492 e. The Morgan fingerprint density at radius 1 is 1.04 bits per heavy atom. The predicted octanol–water partition coefficient (Wildman–Crippen LogP) is 4.76. The Morgan fingerprint density at radius 2 is 1.79 bits per heavy atom. The largest absolute Gasteiger partial charge is 0.492 e. The van der Waals surface area contributed by atoms with Crippen LogP contribution in [-0.2, 0) is 6.54 Å². The Labute approximate surface area is 166 Å². The van der Waals surface area contributed by atoms with Crippen LogP contribution in [0.1, 0.15) is 29.9 Å². The number of anilines is 2. The van der Waals surface area contributed by atoms with E-state index < -0.39 is 0 Å². The fraction of sp³-hybridized carbons (Fsp3) is 0.217. The molecule has 0 bridgehead atoms. The van der Waals surface area contributed by atoms with Crippen molar-refractivity contribution in [2.45, 2.75) is 20.4 Å². The third-order valence-corrected chi connectivity index (χ3v) is 4.37. The maximum Gasteiger partial charge on any atom is 0.274 e. The van der Waals surface area contributed by atoms with Crippen LogP contribution in [0.5, 0.6) is 5.75 Å². The van der Waals surface area contributed by atoms with Crippen LogP contribution in [0.4, 0.5) is 11.4 Å². The van der Waals surface area contributed by atoms with Gasteiger partial charge in [-0.2, -0.15) is 0 Å². The van der Waals surface area contributed by atoms with Crippen molar-refractivity contribution in [2.24, 2.45) is 0 Å². The minimum atomic E-state index is -0.259. The summed E-state index contributed by atoms with van der Waals surface area (Å²) in [6.45, 7) is 6.14. The molecule has 0 fully saturated rings. The lowest BCUT2D eigenvalue weighted by molar-refractivity contribution is 0.102. The lowest BCUT2D eigenvalue weighted by atomic mass is 10.2. The topological polar surface area (TPSA) is 54.5 Å². The van der Waals surface area contributed by atoms with E-state index in [1.165, 1.54) is 5.56 Å². The van der Waals surface area contributed by atoms with Crippen molar-refractivity contribution < 1.29 is 9.53 Å². The highest BCUT2D eigenvalue weighted by Crippen LogP contribution is 2.25. The van der Waals surface area contributed by atoms with Crippen LogP contribution in [0.25, 0.3) is 0 Å². The van der Waals surface area contributed by atoms with E-state index in [2.05, 4.69) is 34.3 Å². The molecule has 0 aliphatic rings. The number of aromatic nitrogens is 1. The zero-order valence-corrected chi connectivity index (χ0v) is 16.3. The molecule has 144 valence electrons. The number of nitrogens with one attached hydrogen (secondary N) is 1. The van der Waals surface area contributed by atoms with E-state index in [4.69, 9.17) is 4.74 Å². The van der Waals surface area contributed by atoms with E-state index >= 15 is 0 Å². The molecule has 0 radical (unpaired) electrons. The molecule has 1 N–H and O–H groups in total. The molecule has 0 unspecified atom stereocenters. The van der Waals surface area contributed by atoms with Crippen molar-refractivity contribution in [3.05, 3.63) is 84.2 Å². The van der Waals surface area contributed by atoms with Gasteiger partial charge in [-0.15, -0.1) is 0 Å². The first-order chi connectivity index (χ1) is 13.7. The molecule has 2 aromatic carbocycles.